The van der Waals surface area contributed by atoms with Gasteiger partial charge in [-0.1, -0.05) is 6.07 Å². The summed E-state index contributed by atoms with van der Waals surface area (Å²) < 4.78 is 11.9. The summed E-state index contributed by atoms with van der Waals surface area (Å²) in [7, 11) is 2.13. The highest BCUT2D eigenvalue weighted by molar-refractivity contribution is 5.49. The maximum Gasteiger partial charge on any atom is 0.161 e. The molecule has 25 heavy (non-hydrogen) atoms. The lowest BCUT2D eigenvalue weighted by molar-refractivity contribution is 0.181. The summed E-state index contributed by atoms with van der Waals surface area (Å²) in [6.07, 6.45) is 7.20. The van der Waals surface area contributed by atoms with Gasteiger partial charge < -0.3 is 19.5 Å². The van der Waals surface area contributed by atoms with Crippen molar-refractivity contribution in [1.82, 2.24) is 4.90 Å². The van der Waals surface area contributed by atoms with Crippen LogP contribution in [0.15, 0.2) is 30.0 Å². The van der Waals surface area contributed by atoms with E-state index in [1.54, 1.807) is 0 Å². The van der Waals surface area contributed by atoms with Crippen molar-refractivity contribution in [3.63, 3.8) is 0 Å². The predicted molar refractivity (Wildman–Crippen MR) is 98.1 cm³/mol. The average Bonchev–Trinajstić information content (AvgIpc) is 3.38. The summed E-state index contributed by atoms with van der Waals surface area (Å²) in [6.45, 7) is 4.48. The van der Waals surface area contributed by atoms with Crippen molar-refractivity contribution < 1.29 is 14.6 Å². The maximum absolute atomic E-state index is 10.1. The van der Waals surface area contributed by atoms with Crippen molar-refractivity contribution >= 4 is 0 Å². The maximum atomic E-state index is 10.1. The van der Waals surface area contributed by atoms with Crippen molar-refractivity contribution in [2.75, 3.05) is 26.8 Å². The second kappa shape index (κ2) is 6.56. The molecule has 0 spiro atoms. The molecule has 2 aliphatic carbocycles. The molecule has 0 aromatic heterocycles. The molecule has 1 N–H and O–H groups in total. The smallest absolute Gasteiger partial charge is 0.161 e. The van der Waals surface area contributed by atoms with Crippen LogP contribution in [0, 0.1) is 5.92 Å². The quantitative estimate of drug-likeness (QED) is 0.859. The first-order valence-corrected chi connectivity index (χ1v) is 9.64. The van der Waals surface area contributed by atoms with Gasteiger partial charge in [-0.2, -0.15) is 0 Å². The second-order valence-electron chi connectivity index (χ2n) is 7.76. The molecule has 4 heteroatoms. The zero-order valence-electron chi connectivity index (χ0n) is 15.3. The number of aliphatic hydroxyl groups excluding tert-OH is 1. The summed E-state index contributed by atoms with van der Waals surface area (Å²) in [5.41, 5.74) is 2.56. The standard InChI is InChI=1S/C21H29NO3/c1-3-24-19-12-16(6-7-18(19)25-14-15-4-5-15)21-9-8-17(23)13-20(21)22(2)11-10-21/h6-7,12-13,15,17,23H,3-5,8-11,14H2,1-2H3/t17-,21-/m0/s1. The molecule has 3 aliphatic rings. The summed E-state index contributed by atoms with van der Waals surface area (Å²) >= 11 is 0. The number of nitrogens with zero attached hydrogens (tertiary/aromatic N) is 1. The highest BCUT2D eigenvalue weighted by atomic mass is 16.5. The fourth-order valence-corrected chi connectivity index (χ4v) is 4.29. The minimum atomic E-state index is -0.323. The summed E-state index contributed by atoms with van der Waals surface area (Å²) in [5.74, 6) is 2.45. The van der Waals surface area contributed by atoms with Crippen LogP contribution in [0.3, 0.4) is 0 Å². The Balaban J connectivity index is 1.67. The van der Waals surface area contributed by atoms with Crippen LogP contribution >= 0.6 is 0 Å². The molecule has 1 aromatic carbocycles. The van der Waals surface area contributed by atoms with Gasteiger partial charge in [-0.05, 0) is 68.7 Å². The Hall–Kier alpha value is -1.68. The molecule has 0 amide bonds. The van der Waals surface area contributed by atoms with E-state index < -0.39 is 0 Å². The lowest BCUT2D eigenvalue weighted by atomic mass is 9.70. The van der Waals surface area contributed by atoms with Gasteiger partial charge >= 0.3 is 0 Å². The van der Waals surface area contributed by atoms with Gasteiger partial charge in [-0.25, -0.2) is 0 Å². The molecule has 136 valence electrons. The average molecular weight is 343 g/mol. The monoisotopic (exact) mass is 343 g/mol. The molecule has 4 nitrogen and oxygen atoms in total. The number of ether oxygens (including phenoxy) is 2. The van der Waals surface area contributed by atoms with E-state index in [4.69, 9.17) is 9.47 Å². The number of fused-ring (bicyclic) bond motifs is 1. The normalized spacial score (nSPS) is 28.5. The van der Waals surface area contributed by atoms with E-state index in [2.05, 4.69) is 30.1 Å². The van der Waals surface area contributed by atoms with Crippen molar-refractivity contribution in [2.24, 2.45) is 5.92 Å². The van der Waals surface area contributed by atoms with Crippen LogP contribution in [0.25, 0.3) is 0 Å². The van der Waals surface area contributed by atoms with Crippen LogP contribution in [0.5, 0.6) is 11.5 Å². The Bertz CT molecular complexity index is 667. The minimum Gasteiger partial charge on any atom is -0.490 e. The number of likely N-dealkylation sites (tertiary alicyclic amines) is 1. The molecule has 4 rings (SSSR count). The van der Waals surface area contributed by atoms with E-state index >= 15 is 0 Å². The van der Waals surface area contributed by atoms with Crippen LogP contribution in [-0.4, -0.2) is 42.9 Å². The third kappa shape index (κ3) is 3.12. The number of hydrogen-bond acceptors (Lipinski definition) is 4. The Morgan fingerprint density at radius 1 is 1.16 bits per heavy atom. The van der Waals surface area contributed by atoms with Gasteiger partial charge in [-0.3, -0.25) is 0 Å². The fourth-order valence-electron chi connectivity index (χ4n) is 4.29. The molecule has 1 aromatic rings. The number of aliphatic hydroxyl groups is 1. The van der Waals surface area contributed by atoms with E-state index in [0.717, 1.165) is 49.8 Å². The first kappa shape index (κ1) is 16.8. The van der Waals surface area contributed by atoms with Crippen LogP contribution in [-0.2, 0) is 5.41 Å². The highest BCUT2D eigenvalue weighted by Crippen LogP contribution is 2.50. The number of rotatable bonds is 6. The Kier molecular flexibility index (Phi) is 4.40. The molecule has 1 aliphatic heterocycles. The van der Waals surface area contributed by atoms with Crippen LogP contribution in [0.1, 0.15) is 44.6 Å². The minimum absolute atomic E-state index is 0.00878. The SMILES string of the molecule is CCOc1cc([C@@]23CC[C@H](O)C=C2N(C)CC3)ccc1OCC1CC1. The topological polar surface area (TPSA) is 41.9 Å². The predicted octanol–water partition coefficient (Wildman–Crippen LogP) is 3.49. The molecular formula is C21H29NO3. The Morgan fingerprint density at radius 2 is 2.00 bits per heavy atom. The van der Waals surface area contributed by atoms with Crippen molar-refractivity contribution in [3.05, 3.63) is 35.5 Å². The van der Waals surface area contributed by atoms with Gasteiger partial charge in [0.15, 0.2) is 11.5 Å². The number of likely N-dealkylation sites (N-methyl/N-ethyl adjacent to an activating group) is 1. The third-order valence-electron chi connectivity index (χ3n) is 5.96. The molecule has 0 radical (unpaired) electrons. The Morgan fingerprint density at radius 3 is 2.76 bits per heavy atom. The van der Waals surface area contributed by atoms with Crippen molar-refractivity contribution in [2.45, 2.75) is 50.5 Å². The van der Waals surface area contributed by atoms with Crippen LogP contribution < -0.4 is 9.47 Å². The molecule has 0 bridgehead atoms. The van der Waals surface area contributed by atoms with E-state index in [9.17, 15) is 5.11 Å². The summed E-state index contributed by atoms with van der Waals surface area (Å²) in [6, 6.07) is 6.46. The molecule has 1 saturated heterocycles. The first-order chi connectivity index (χ1) is 12.1. The van der Waals surface area contributed by atoms with Gasteiger partial charge in [0.25, 0.3) is 0 Å². The largest absolute Gasteiger partial charge is 0.490 e. The number of allylic oxidation sites excluding steroid dienone is 1. The zero-order chi connectivity index (χ0) is 17.4. The summed E-state index contributed by atoms with van der Waals surface area (Å²) in [4.78, 5) is 2.29. The van der Waals surface area contributed by atoms with Crippen molar-refractivity contribution in [1.29, 1.82) is 0 Å². The molecule has 1 saturated carbocycles. The van der Waals surface area contributed by atoms with Crippen LogP contribution in [0.4, 0.5) is 0 Å². The molecular weight excluding hydrogens is 314 g/mol. The van der Waals surface area contributed by atoms with Crippen LogP contribution in [0.2, 0.25) is 0 Å². The lowest BCUT2D eigenvalue weighted by Crippen LogP contribution is -2.33. The van der Waals surface area contributed by atoms with E-state index in [-0.39, 0.29) is 11.5 Å². The van der Waals surface area contributed by atoms with E-state index in [1.165, 1.54) is 24.1 Å². The number of hydrogen-bond donors (Lipinski definition) is 1. The molecule has 1 heterocycles. The van der Waals surface area contributed by atoms with Gasteiger partial charge in [-0.15, -0.1) is 0 Å². The van der Waals surface area contributed by atoms with E-state index in [0.29, 0.717) is 6.61 Å². The van der Waals surface area contributed by atoms with Gasteiger partial charge in [0.2, 0.25) is 0 Å². The molecule has 2 fully saturated rings. The fraction of sp³-hybridized carbons (Fsp3) is 0.619. The first-order valence-electron chi connectivity index (χ1n) is 9.64. The lowest BCUT2D eigenvalue weighted by Gasteiger charge is -2.37. The molecule has 2 atom stereocenters. The second-order valence-corrected chi connectivity index (χ2v) is 7.76. The molecule has 0 unspecified atom stereocenters. The highest BCUT2D eigenvalue weighted by Gasteiger charge is 2.45. The van der Waals surface area contributed by atoms with E-state index in [1.807, 2.05) is 13.0 Å². The zero-order valence-corrected chi connectivity index (χ0v) is 15.3. The number of benzene rings is 1. The third-order valence-corrected chi connectivity index (χ3v) is 5.96. The van der Waals surface area contributed by atoms with Gasteiger partial charge in [0, 0.05) is 24.7 Å². The van der Waals surface area contributed by atoms with Gasteiger partial charge in [0.05, 0.1) is 19.3 Å². The summed E-state index contributed by atoms with van der Waals surface area (Å²) in [5, 5.41) is 10.1. The van der Waals surface area contributed by atoms with Crippen molar-refractivity contribution in [3.8, 4) is 11.5 Å². The Labute approximate surface area is 150 Å². The van der Waals surface area contributed by atoms with Gasteiger partial charge in [0.1, 0.15) is 0 Å².